The Bertz CT molecular complexity index is 196. The van der Waals surface area contributed by atoms with Crippen LogP contribution in [0.3, 0.4) is 0 Å². The molecule has 0 fully saturated rings. The van der Waals surface area contributed by atoms with E-state index in [2.05, 4.69) is 20.6 Å². The average Bonchev–Trinajstić information content (AvgIpc) is 2.15. The molecule has 48 valence electrons. The minimum absolute atomic E-state index is 0. The van der Waals surface area contributed by atoms with Crippen LogP contribution in [0.25, 0.3) is 0 Å². The van der Waals surface area contributed by atoms with Crippen molar-refractivity contribution in [2.75, 3.05) is 5.43 Å². The molecule has 0 unspecified atom stereocenters. The van der Waals surface area contributed by atoms with Crippen molar-refractivity contribution in [2.24, 2.45) is 0 Å². The molecule has 0 bridgehead atoms. The van der Waals surface area contributed by atoms with Crippen LogP contribution < -0.4 is 40.1 Å². The first-order valence-corrected chi connectivity index (χ1v) is 1.89. The fraction of sp³-hybridized carbons (Fsp3) is 0. The molecule has 0 radical (unpaired) electrons. The first-order valence-electron chi connectivity index (χ1n) is 1.89. The van der Waals surface area contributed by atoms with Gasteiger partial charge >= 0.3 is 29.6 Å². The first-order chi connectivity index (χ1) is 4.29. The molecule has 0 spiro atoms. The van der Waals surface area contributed by atoms with Crippen molar-refractivity contribution in [2.45, 2.75) is 0 Å². The van der Waals surface area contributed by atoms with E-state index in [1.807, 2.05) is 0 Å². The molecule has 0 atom stereocenters. The molecule has 0 aliphatic rings. The summed E-state index contributed by atoms with van der Waals surface area (Å²) < 4.78 is 0. The van der Waals surface area contributed by atoms with Crippen LogP contribution >= 0.6 is 0 Å². The average molecular weight is 152 g/mol. The third kappa shape index (κ3) is 2.71. The standard InChI is InChI=1S/CHN6O2.Na/c8-7(9)4-1-2-5-6-3-1;/h(H-,2,3,4,5,6);/q-1;+1. The Morgan fingerprint density at radius 3 is 2.80 bits per heavy atom. The van der Waals surface area contributed by atoms with E-state index in [1.54, 1.807) is 5.43 Å². The van der Waals surface area contributed by atoms with Crippen molar-refractivity contribution in [1.29, 1.82) is 0 Å². The molecular formula is CHN6NaO2. The number of hydrogen-bond donors (Lipinski definition) is 1. The smallest absolute Gasteiger partial charge is 0.264 e. The number of nitrogens with one attached hydrogen (secondary N) is 1. The molecule has 0 amide bonds. The van der Waals surface area contributed by atoms with Gasteiger partial charge in [-0.15, -0.1) is 10.6 Å². The molecule has 0 aliphatic heterocycles. The fourth-order valence-electron chi connectivity index (χ4n) is 0.271. The number of aromatic nitrogens is 4. The zero-order valence-electron chi connectivity index (χ0n) is 5.05. The third-order valence-electron chi connectivity index (χ3n) is 0.510. The molecule has 1 N–H and O–H groups in total. The van der Waals surface area contributed by atoms with Gasteiger partial charge in [0, 0.05) is 0 Å². The van der Waals surface area contributed by atoms with Gasteiger partial charge in [-0.2, -0.15) is 5.21 Å². The molecule has 1 rings (SSSR count). The van der Waals surface area contributed by atoms with Crippen LogP contribution in [-0.2, 0) is 0 Å². The van der Waals surface area contributed by atoms with Gasteiger partial charge in [0.05, 0.1) is 0 Å². The van der Waals surface area contributed by atoms with Crippen molar-refractivity contribution < 1.29 is 34.6 Å². The predicted octanol–water partition coefficient (Wildman–Crippen LogP) is -4.56. The fourth-order valence-corrected chi connectivity index (χ4v) is 0.271. The van der Waals surface area contributed by atoms with Crippen molar-refractivity contribution in [3.8, 4) is 0 Å². The van der Waals surface area contributed by atoms with Crippen LogP contribution in [0.2, 0.25) is 0 Å². The van der Waals surface area contributed by atoms with E-state index < -0.39 is 5.03 Å². The van der Waals surface area contributed by atoms with Gasteiger partial charge < -0.3 is 0 Å². The number of tetrazole rings is 1. The van der Waals surface area contributed by atoms with Crippen molar-refractivity contribution in [1.82, 2.24) is 20.6 Å². The Morgan fingerprint density at radius 2 is 2.40 bits per heavy atom. The van der Waals surface area contributed by atoms with E-state index >= 15 is 0 Å². The zero-order chi connectivity index (χ0) is 6.69. The van der Waals surface area contributed by atoms with Crippen LogP contribution in [-0.4, -0.2) is 20.6 Å². The van der Waals surface area contributed by atoms with Crippen LogP contribution in [0.1, 0.15) is 0 Å². The summed E-state index contributed by atoms with van der Waals surface area (Å²) in [7, 11) is 0. The Balaban J connectivity index is 0.000000810. The van der Waals surface area contributed by atoms with Crippen LogP contribution in [0.4, 0.5) is 5.95 Å². The molecule has 1 aromatic rings. The molecule has 0 saturated carbocycles. The quantitative estimate of drug-likeness (QED) is 0.258. The Morgan fingerprint density at radius 1 is 1.70 bits per heavy atom. The summed E-state index contributed by atoms with van der Waals surface area (Å²) in [5.41, 5.74) is 1.66. The SMILES string of the molecule is O=[N+]([O-])Nc1nnn[n-]1.[Na+]. The summed E-state index contributed by atoms with van der Waals surface area (Å²) in [4.78, 5) is 9.63. The second-order valence-electron chi connectivity index (χ2n) is 1.07. The van der Waals surface area contributed by atoms with Crippen molar-refractivity contribution in [3.63, 3.8) is 0 Å². The second-order valence-corrected chi connectivity index (χ2v) is 1.07. The molecular weight excluding hydrogens is 151 g/mol. The maximum absolute atomic E-state index is 9.63. The number of hydrazine groups is 1. The maximum Gasteiger partial charge on any atom is 1.00 e. The number of nitro groups is 1. The maximum atomic E-state index is 9.63. The number of hydrogen-bond acceptors (Lipinski definition) is 5. The molecule has 1 aromatic heterocycles. The van der Waals surface area contributed by atoms with Crippen molar-refractivity contribution in [3.05, 3.63) is 10.1 Å². The number of nitrogens with zero attached hydrogens (tertiary/aromatic N) is 5. The summed E-state index contributed by atoms with van der Waals surface area (Å²) >= 11 is 0. The first kappa shape index (κ1) is 9.27. The van der Waals surface area contributed by atoms with Gasteiger partial charge in [0.25, 0.3) is 0 Å². The predicted molar refractivity (Wildman–Crippen MR) is 23.8 cm³/mol. The Kier molecular flexibility index (Phi) is 3.84. The van der Waals surface area contributed by atoms with Gasteiger partial charge in [-0.3, -0.25) is 5.10 Å². The molecule has 1 heterocycles. The van der Waals surface area contributed by atoms with Gasteiger partial charge in [-0.25, -0.2) is 15.2 Å². The van der Waals surface area contributed by atoms with E-state index in [4.69, 9.17) is 0 Å². The van der Waals surface area contributed by atoms with E-state index in [-0.39, 0.29) is 35.5 Å². The van der Waals surface area contributed by atoms with Gasteiger partial charge in [0.1, 0.15) is 5.03 Å². The molecule has 8 nitrogen and oxygen atoms in total. The van der Waals surface area contributed by atoms with E-state index in [0.717, 1.165) is 0 Å². The summed E-state index contributed by atoms with van der Waals surface area (Å²) in [5.74, 6) is -0.208. The monoisotopic (exact) mass is 152 g/mol. The molecule has 10 heavy (non-hydrogen) atoms. The molecule has 0 aromatic carbocycles. The minimum Gasteiger partial charge on any atom is -0.264 e. The van der Waals surface area contributed by atoms with Gasteiger partial charge in [-0.1, -0.05) is 0 Å². The van der Waals surface area contributed by atoms with Crippen LogP contribution in [0, 0.1) is 10.1 Å². The Labute approximate surface area is 76.8 Å². The van der Waals surface area contributed by atoms with Crippen molar-refractivity contribution >= 4 is 5.95 Å². The molecule has 9 heteroatoms. The van der Waals surface area contributed by atoms with E-state index in [1.165, 1.54) is 0 Å². The third-order valence-corrected chi connectivity index (χ3v) is 0.510. The normalized spacial score (nSPS) is 8.00. The topological polar surface area (TPSA) is 108 Å². The number of anilines is 1. The van der Waals surface area contributed by atoms with Crippen LogP contribution in [0.5, 0.6) is 0 Å². The molecule has 0 saturated heterocycles. The van der Waals surface area contributed by atoms with E-state index in [9.17, 15) is 10.1 Å². The summed E-state index contributed by atoms with van der Waals surface area (Å²) in [6.45, 7) is 0. The summed E-state index contributed by atoms with van der Waals surface area (Å²) in [6.07, 6.45) is 0. The van der Waals surface area contributed by atoms with E-state index in [0.29, 0.717) is 0 Å². The van der Waals surface area contributed by atoms with Gasteiger partial charge in [-0.05, 0) is 0 Å². The largest absolute Gasteiger partial charge is 1.00 e. The summed E-state index contributed by atoms with van der Waals surface area (Å²) in [6, 6.07) is 0. The second kappa shape index (κ2) is 4.14. The van der Waals surface area contributed by atoms with Gasteiger partial charge in [0.15, 0.2) is 5.95 Å². The zero-order valence-corrected chi connectivity index (χ0v) is 7.05. The summed E-state index contributed by atoms with van der Waals surface area (Å²) in [5, 5.41) is 21.1. The van der Waals surface area contributed by atoms with Crippen LogP contribution in [0.15, 0.2) is 0 Å². The molecule has 0 aliphatic carbocycles. The van der Waals surface area contributed by atoms with Gasteiger partial charge in [0.2, 0.25) is 0 Å². The Hall–Kier alpha value is -0.730. The minimum atomic E-state index is -0.793. The number of rotatable bonds is 2.